The van der Waals surface area contributed by atoms with Crippen LogP contribution < -0.4 is 11.1 Å². The lowest BCUT2D eigenvalue weighted by Gasteiger charge is -2.17. The molecule has 16 heavy (non-hydrogen) atoms. The van der Waals surface area contributed by atoms with E-state index in [0.29, 0.717) is 23.8 Å². The molecular formula is C11H18N4O. The van der Waals surface area contributed by atoms with Crippen LogP contribution in [-0.2, 0) is 4.74 Å². The Kier molecular flexibility index (Phi) is 3.56. The van der Waals surface area contributed by atoms with E-state index in [2.05, 4.69) is 22.2 Å². The average Bonchev–Trinajstić information content (AvgIpc) is 2.74. The number of aromatic nitrogens is 2. The first kappa shape index (κ1) is 11.1. The first-order valence-electron chi connectivity index (χ1n) is 5.73. The molecule has 1 saturated heterocycles. The van der Waals surface area contributed by atoms with Crippen LogP contribution in [0.2, 0.25) is 0 Å². The van der Waals surface area contributed by atoms with E-state index in [1.54, 1.807) is 12.3 Å². The lowest BCUT2D eigenvalue weighted by Crippen LogP contribution is -2.23. The van der Waals surface area contributed by atoms with Gasteiger partial charge in [0.05, 0.1) is 6.10 Å². The summed E-state index contributed by atoms with van der Waals surface area (Å²) in [6, 6.07) is 1.68. The van der Waals surface area contributed by atoms with Crippen LogP contribution in [-0.4, -0.2) is 29.2 Å². The summed E-state index contributed by atoms with van der Waals surface area (Å²) in [7, 11) is 0. The zero-order valence-electron chi connectivity index (χ0n) is 9.52. The molecule has 5 heteroatoms. The van der Waals surface area contributed by atoms with Gasteiger partial charge < -0.3 is 15.8 Å². The number of nitrogens with zero attached hydrogens (tertiary/aromatic N) is 2. The molecule has 88 valence electrons. The van der Waals surface area contributed by atoms with Gasteiger partial charge in [0.25, 0.3) is 0 Å². The highest BCUT2D eigenvalue weighted by atomic mass is 16.5. The standard InChI is InChI=1S/C11H18N4O/c1-2-9-8(4-6-16-9)7-14-11-13-5-3-10(12)15-11/h3,5,8-9H,2,4,6-7H2,1H3,(H3,12,13,14,15). The van der Waals surface area contributed by atoms with Gasteiger partial charge in [0.15, 0.2) is 0 Å². The smallest absolute Gasteiger partial charge is 0.224 e. The quantitative estimate of drug-likeness (QED) is 0.803. The number of nitrogens with one attached hydrogen (secondary N) is 1. The van der Waals surface area contributed by atoms with Crippen LogP contribution in [0.15, 0.2) is 12.3 Å². The maximum atomic E-state index is 5.62. The van der Waals surface area contributed by atoms with Crippen molar-refractivity contribution in [3.63, 3.8) is 0 Å². The van der Waals surface area contributed by atoms with Crippen molar-refractivity contribution in [1.29, 1.82) is 0 Å². The van der Waals surface area contributed by atoms with Gasteiger partial charge in [0.2, 0.25) is 5.95 Å². The molecule has 3 N–H and O–H groups in total. The molecule has 2 unspecified atom stereocenters. The van der Waals surface area contributed by atoms with Crippen molar-refractivity contribution >= 4 is 11.8 Å². The molecule has 0 radical (unpaired) electrons. The van der Waals surface area contributed by atoms with Gasteiger partial charge in [-0.05, 0) is 18.9 Å². The highest BCUT2D eigenvalue weighted by molar-refractivity contribution is 5.34. The van der Waals surface area contributed by atoms with Crippen LogP contribution >= 0.6 is 0 Å². The number of ether oxygens (including phenoxy) is 1. The fraction of sp³-hybridized carbons (Fsp3) is 0.636. The molecule has 1 aromatic heterocycles. The Morgan fingerprint density at radius 2 is 2.50 bits per heavy atom. The molecule has 2 heterocycles. The number of hydrogen-bond acceptors (Lipinski definition) is 5. The van der Waals surface area contributed by atoms with Crippen LogP contribution in [0.1, 0.15) is 19.8 Å². The second-order valence-electron chi connectivity index (χ2n) is 4.05. The van der Waals surface area contributed by atoms with Crippen molar-refractivity contribution in [3.8, 4) is 0 Å². The van der Waals surface area contributed by atoms with Gasteiger partial charge in [-0.3, -0.25) is 0 Å². The van der Waals surface area contributed by atoms with Crippen LogP contribution in [0.5, 0.6) is 0 Å². The molecule has 1 aliphatic rings. The number of nitrogen functional groups attached to an aromatic ring is 1. The van der Waals surface area contributed by atoms with Gasteiger partial charge in [0, 0.05) is 25.3 Å². The third-order valence-corrected chi connectivity index (χ3v) is 2.95. The van der Waals surface area contributed by atoms with E-state index in [4.69, 9.17) is 10.5 Å². The number of nitrogens with two attached hydrogens (primary N) is 1. The summed E-state index contributed by atoms with van der Waals surface area (Å²) >= 11 is 0. The van der Waals surface area contributed by atoms with Gasteiger partial charge in [-0.1, -0.05) is 6.92 Å². The Morgan fingerprint density at radius 1 is 1.62 bits per heavy atom. The summed E-state index contributed by atoms with van der Waals surface area (Å²) in [6.07, 6.45) is 4.19. The van der Waals surface area contributed by atoms with E-state index in [9.17, 15) is 0 Å². The number of anilines is 2. The molecule has 0 aromatic carbocycles. The van der Waals surface area contributed by atoms with Crippen molar-refractivity contribution < 1.29 is 4.74 Å². The zero-order chi connectivity index (χ0) is 11.4. The van der Waals surface area contributed by atoms with Crippen molar-refractivity contribution in [3.05, 3.63) is 12.3 Å². The molecule has 0 aliphatic carbocycles. The van der Waals surface area contributed by atoms with E-state index in [-0.39, 0.29) is 0 Å². The van der Waals surface area contributed by atoms with Crippen molar-refractivity contribution in [2.75, 3.05) is 24.2 Å². The Hall–Kier alpha value is -1.36. The topological polar surface area (TPSA) is 73.1 Å². The molecule has 1 aromatic rings. The van der Waals surface area contributed by atoms with Crippen LogP contribution in [0.25, 0.3) is 0 Å². The van der Waals surface area contributed by atoms with Gasteiger partial charge in [-0.2, -0.15) is 4.98 Å². The minimum atomic E-state index is 0.369. The molecule has 5 nitrogen and oxygen atoms in total. The number of rotatable bonds is 4. The molecule has 2 atom stereocenters. The summed E-state index contributed by atoms with van der Waals surface area (Å²) in [5.74, 6) is 1.64. The maximum absolute atomic E-state index is 5.62. The lowest BCUT2D eigenvalue weighted by molar-refractivity contribution is 0.0900. The van der Waals surface area contributed by atoms with Crippen molar-refractivity contribution in [2.24, 2.45) is 5.92 Å². The largest absolute Gasteiger partial charge is 0.384 e. The van der Waals surface area contributed by atoms with Gasteiger partial charge >= 0.3 is 0 Å². The second kappa shape index (κ2) is 5.12. The molecule has 1 aliphatic heterocycles. The van der Waals surface area contributed by atoms with E-state index in [1.165, 1.54) is 0 Å². The van der Waals surface area contributed by atoms with E-state index in [1.807, 2.05) is 0 Å². The fourth-order valence-corrected chi connectivity index (χ4v) is 2.06. The Labute approximate surface area is 95.4 Å². The molecular weight excluding hydrogens is 204 g/mol. The maximum Gasteiger partial charge on any atom is 0.224 e. The first-order chi connectivity index (χ1) is 7.79. The highest BCUT2D eigenvalue weighted by Crippen LogP contribution is 2.23. The summed E-state index contributed by atoms with van der Waals surface area (Å²) < 4.78 is 5.62. The van der Waals surface area contributed by atoms with Crippen LogP contribution in [0, 0.1) is 5.92 Å². The normalized spacial score (nSPS) is 24.6. The molecule has 0 spiro atoms. The zero-order valence-corrected chi connectivity index (χ0v) is 9.52. The summed E-state index contributed by atoms with van der Waals surface area (Å²) in [4.78, 5) is 8.21. The second-order valence-corrected chi connectivity index (χ2v) is 4.05. The minimum absolute atomic E-state index is 0.369. The van der Waals surface area contributed by atoms with E-state index >= 15 is 0 Å². The SMILES string of the molecule is CCC1OCCC1CNc1nccc(N)n1. The predicted molar refractivity (Wildman–Crippen MR) is 63.1 cm³/mol. The van der Waals surface area contributed by atoms with Crippen LogP contribution in [0.4, 0.5) is 11.8 Å². The van der Waals surface area contributed by atoms with Gasteiger partial charge in [-0.25, -0.2) is 4.98 Å². The molecule has 1 fully saturated rings. The van der Waals surface area contributed by atoms with Crippen molar-refractivity contribution in [1.82, 2.24) is 9.97 Å². The summed E-state index contributed by atoms with van der Waals surface area (Å²) in [5, 5.41) is 3.21. The number of hydrogen-bond donors (Lipinski definition) is 2. The monoisotopic (exact) mass is 222 g/mol. The van der Waals surface area contributed by atoms with E-state index < -0.39 is 0 Å². The Bertz CT molecular complexity index is 345. The molecule has 2 rings (SSSR count). The minimum Gasteiger partial charge on any atom is -0.384 e. The predicted octanol–water partition coefficient (Wildman–Crippen LogP) is 1.29. The highest BCUT2D eigenvalue weighted by Gasteiger charge is 2.26. The third kappa shape index (κ3) is 2.61. The molecule has 0 bridgehead atoms. The molecule has 0 saturated carbocycles. The average molecular weight is 222 g/mol. The van der Waals surface area contributed by atoms with Gasteiger partial charge in [-0.15, -0.1) is 0 Å². The van der Waals surface area contributed by atoms with Crippen LogP contribution in [0.3, 0.4) is 0 Å². The Balaban J connectivity index is 1.87. The van der Waals surface area contributed by atoms with Gasteiger partial charge in [0.1, 0.15) is 5.82 Å². The first-order valence-corrected chi connectivity index (χ1v) is 5.73. The lowest BCUT2D eigenvalue weighted by atomic mass is 10.00. The fourth-order valence-electron chi connectivity index (χ4n) is 2.06. The van der Waals surface area contributed by atoms with E-state index in [0.717, 1.165) is 26.0 Å². The Morgan fingerprint density at radius 3 is 3.25 bits per heavy atom. The van der Waals surface area contributed by atoms with Crippen molar-refractivity contribution in [2.45, 2.75) is 25.9 Å². The summed E-state index contributed by atoms with van der Waals surface area (Å²) in [5.41, 5.74) is 5.58. The summed E-state index contributed by atoms with van der Waals surface area (Å²) in [6.45, 7) is 3.87. The molecule has 0 amide bonds. The third-order valence-electron chi connectivity index (χ3n) is 2.95.